The van der Waals surface area contributed by atoms with Crippen molar-refractivity contribution in [1.82, 2.24) is 0 Å². The summed E-state index contributed by atoms with van der Waals surface area (Å²) in [6.45, 7) is 0.716. The van der Waals surface area contributed by atoms with Crippen LogP contribution in [0, 0.1) is 38.0 Å². The van der Waals surface area contributed by atoms with Crippen molar-refractivity contribution in [3.63, 3.8) is 0 Å². The van der Waals surface area contributed by atoms with Crippen molar-refractivity contribution >= 4 is 17.1 Å². The number of nitrogens with zero attached hydrogens (tertiary/aromatic N) is 2. The van der Waals surface area contributed by atoms with Crippen molar-refractivity contribution in [1.29, 1.82) is 0 Å². The van der Waals surface area contributed by atoms with Gasteiger partial charge in [-0.05, 0) is 49.5 Å². The van der Waals surface area contributed by atoms with Gasteiger partial charge in [-0.25, -0.2) is 0 Å². The number of nitrogens with one attached hydrogen (secondary N) is 1. The molecule has 0 saturated heterocycles. The Morgan fingerprint density at radius 3 is 2.19 bits per heavy atom. The van der Waals surface area contributed by atoms with Gasteiger partial charge in [0.25, 0.3) is 11.4 Å². The molecular formula is C14H17N3O4. The van der Waals surface area contributed by atoms with Gasteiger partial charge in [0.05, 0.1) is 15.9 Å². The molecule has 2 aliphatic carbocycles. The summed E-state index contributed by atoms with van der Waals surface area (Å²) in [5, 5.41) is 24.9. The van der Waals surface area contributed by atoms with Crippen LogP contribution in [-0.2, 0) is 0 Å². The third kappa shape index (κ3) is 3.12. The fourth-order valence-corrected chi connectivity index (χ4v) is 2.93. The Kier molecular flexibility index (Phi) is 3.48. The Hall–Kier alpha value is -2.18. The van der Waals surface area contributed by atoms with E-state index in [4.69, 9.17) is 0 Å². The quantitative estimate of drug-likeness (QED) is 0.613. The monoisotopic (exact) mass is 291 g/mol. The third-order valence-electron chi connectivity index (χ3n) is 4.37. The number of rotatable bonds is 7. The molecule has 0 unspecified atom stereocenters. The van der Waals surface area contributed by atoms with Crippen LogP contribution in [-0.4, -0.2) is 16.4 Å². The second-order valence-corrected chi connectivity index (χ2v) is 5.94. The summed E-state index contributed by atoms with van der Waals surface area (Å²) in [5.74, 6) is 2.09. The molecule has 7 nitrogen and oxygen atoms in total. The Balaban J connectivity index is 1.74. The van der Waals surface area contributed by atoms with E-state index in [1.807, 2.05) is 0 Å². The molecule has 1 aromatic carbocycles. The Morgan fingerprint density at radius 1 is 1.10 bits per heavy atom. The average Bonchev–Trinajstić information content (AvgIpc) is 3.32. The van der Waals surface area contributed by atoms with E-state index in [0.717, 1.165) is 17.9 Å². The summed E-state index contributed by atoms with van der Waals surface area (Å²) in [6.07, 6.45) is 5.02. The molecule has 0 aliphatic heterocycles. The summed E-state index contributed by atoms with van der Waals surface area (Å²) in [4.78, 5) is 20.6. The lowest BCUT2D eigenvalue weighted by molar-refractivity contribution is -0.393. The standard InChI is InChI=1S/C14H17N3O4/c18-16(19)11-5-6-13(14(7-11)17(20)21)15-8-12(9-1-2-9)10-3-4-10/h5-7,9-10,12,15H,1-4,8H2. The molecule has 0 aromatic heterocycles. The van der Waals surface area contributed by atoms with E-state index in [1.54, 1.807) is 0 Å². The van der Waals surface area contributed by atoms with Gasteiger partial charge in [-0.2, -0.15) is 0 Å². The molecule has 0 heterocycles. The van der Waals surface area contributed by atoms with E-state index in [1.165, 1.54) is 37.8 Å². The van der Waals surface area contributed by atoms with Crippen molar-refractivity contribution < 1.29 is 9.85 Å². The van der Waals surface area contributed by atoms with E-state index in [2.05, 4.69) is 5.32 Å². The molecule has 0 amide bonds. The van der Waals surface area contributed by atoms with E-state index in [0.29, 0.717) is 18.2 Å². The van der Waals surface area contributed by atoms with Gasteiger partial charge in [0.15, 0.2) is 0 Å². The number of hydrogen-bond donors (Lipinski definition) is 1. The van der Waals surface area contributed by atoms with Crippen molar-refractivity contribution in [2.75, 3.05) is 11.9 Å². The van der Waals surface area contributed by atoms with Crippen LogP contribution >= 0.6 is 0 Å². The predicted octanol–water partition coefficient (Wildman–Crippen LogP) is 3.35. The summed E-state index contributed by atoms with van der Waals surface area (Å²) >= 11 is 0. The molecule has 1 N–H and O–H groups in total. The van der Waals surface area contributed by atoms with Crippen LogP contribution in [0.5, 0.6) is 0 Å². The van der Waals surface area contributed by atoms with E-state index < -0.39 is 9.85 Å². The summed E-state index contributed by atoms with van der Waals surface area (Å²) < 4.78 is 0. The molecule has 0 atom stereocenters. The zero-order chi connectivity index (χ0) is 15.0. The first-order valence-corrected chi connectivity index (χ1v) is 7.23. The molecule has 2 aliphatic rings. The Bertz CT molecular complexity index is 570. The Labute approximate surface area is 121 Å². The second-order valence-electron chi connectivity index (χ2n) is 5.94. The molecule has 1 aromatic rings. The molecule has 2 saturated carbocycles. The lowest BCUT2D eigenvalue weighted by Gasteiger charge is -2.17. The predicted molar refractivity (Wildman–Crippen MR) is 77.2 cm³/mol. The first kappa shape index (κ1) is 13.8. The van der Waals surface area contributed by atoms with Gasteiger partial charge in [-0.3, -0.25) is 20.2 Å². The number of hydrogen-bond acceptors (Lipinski definition) is 5. The molecule has 2 fully saturated rings. The van der Waals surface area contributed by atoms with Crippen molar-refractivity contribution in [2.24, 2.45) is 17.8 Å². The largest absolute Gasteiger partial charge is 0.379 e. The lowest BCUT2D eigenvalue weighted by atomic mass is 9.98. The number of non-ortho nitro benzene ring substituents is 1. The van der Waals surface area contributed by atoms with Crippen LogP contribution in [0.2, 0.25) is 0 Å². The highest BCUT2D eigenvalue weighted by molar-refractivity contribution is 5.65. The smallest absolute Gasteiger partial charge is 0.299 e. The maximum absolute atomic E-state index is 11.1. The van der Waals surface area contributed by atoms with E-state index in [-0.39, 0.29) is 11.4 Å². The Morgan fingerprint density at radius 2 is 1.71 bits per heavy atom. The maximum Gasteiger partial charge on any atom is 0.299 e. The molecule has 0 bridgehead atoms. The fraction of sp³-hybridized carbons (Fsp3) is 0.571. The normalized spacial score (nSPS) is 17.8. The molecule has 0 radical (unpaired) electrons. The molecule has 112 valence electrons. The number of anilines is 1. The van der Waals surface area contributed by atoms with Crippen molar-refractivity contribution in [3.05, 3.63) is 38.4 Å². The maximum atomic E-state index is 11.1. The minimum Gasteiger partial charge on any atom is -0.379 e. The zero-order valence-electron chi connectivity index (χ0n) is 11.5. The van der Waals surface area contributed by atoms with Gasteiger partial charge >= 0.3 is 0 Å². The van der Waals surface area contributed by atoms with Crippen LogP contribution in [0.4, 0.5) is 17.1 Å². The zero-order valence-corrected chi connectivity index (χ0v) is 11.5. The molecule has 3 rings (SSSR count). The number of nitro benzene ring substituents is 2. The van der Waals surface area contributed by atoms with Gasteiger partial charge in [0, 0.05) is 12.6 Å². The minimum atomic E-state index is -0.617. The molecule has 21 heavy (non-hydrogen) atoms. The highest BCUT2D eigenvalue weighted by Gasteiger charge is 2.41. The molecule has 7 heteroatoms. The average molecular weight is 291 g/mol. The van der Waals surface area contributed by atoms with Crippen LogP contribution < -0.4 is 5.32 Å². The lowest BCUT2D eigenvalue weighted by Crippen LogP contribution is -2.18. The van der Waals surface area contributed by atoms with Crippen LogP contribution in [0.25, 0.3) is 0 Å². The van der Waals surface area contributed by atoms with Crippen LogP contribution in [0.3, 0.4) is 0 Å². The van der Waals surface area contributed by atoms with Crippen molar-refractivity contribution in [3.8, 4) is 0 Å². The van der Waals surface area contributed by atoms with Crippen LogP contribution in [0.1, 0.15) is 25.7 Å². The first-order valence-electron chi connectivity index (χ1n) is 7.23. The summed E-state index contributed by atoms with van der Waals surface area (Å²) in [5.41, 5.74) is -0.111. The van der Waals surface area contributed by atoms with E-state index >= 15 is 0 Å². The summed E-state index contributed by atoms with van der Waals surface area (Å²) in [7, 11) is 0. The van der Waals surface area contributed by atoms with E-state index in [9.17, 15) is 20.2 Å². The van der Waals surface area contributed by atoms with Gasteiger partial charge in [-0.1, -0.05) is 0 Å². The minimum absolute atomic E-state index is 0.227. The highest BCUT2D eigenvalue weighted by Crippen LogP contribution is 2.49. The number of benzene rings is 1. The van der Waals surface area contributed by atoms with Gasteiger partial charge in [0.1, 0.15) is 5.69 Å². The third-order valence-corrected chi connectivity index (χ3v) is 4.37. The van der Waals surface area contributed by atoms with Crippen LogP contribution in [0.15, 0.2) is 18.2 Å². The van der Waals surface area contributed by atoms with Gasteiger partial charge < -0.3 is 5.32 Å². The van der Waals surface area contributed by atoms with Gasteiger partial charge in [0.2, 0.25) is 0 Å². The molecular weight excluding hydrogens is 274 g/mol. The summed E-state index contributed by atoms with van der Waals surface area (Å²) in [6, 6.07) is 3.76. The SMILES string of the molecule is O=[N+]([O-])c1ccc(NCC(C2CC2)C2CC2)c([N+](=O)[O-])c1. The first-order chi connectivity index (χ1) is 10.1. The fourth-order valence-electron chi connectivity index (χ4n) is 2.93. The van der Waals surface area contributed by atoms with Gasteiger partial charge in [-0.15, -0.1) is 0 Å². The molecule has 0 spiro atoms. The topological polar surface area (TPSA) is 98.3 Å². The number of nitro groups is 2. The second kappa shape index (κ2) is 5.31. The highest BCUT2D eigenvalue weighted by atomic mass is 16.6. The van der Waals surface area contributed by atoms with Crippen molar-refractivity contribution in [2.45, 2.75) is 25.7 Å².